The van der Waals surface area contributed by atoms with E-state index in [9.17, 15) is 4.79 Å². The second-order valence-corrected chi connectivity index (χ2v) is 5.89. The summed E-state index contributed by atoms with van der Waals surface area (Å²) >= 11 is 11.8. The molecule has 126 valence electrons. The molecule has 3 N–H and O–H groups in total. The molecule has 2 aromatic carbocycles. The molecule has 1 aromatic heterocycles. The second-order valence-electron chi connectivity index (χ2n) is 5.01. The maximum absolute atomic E-state index is 12.0. The summed E-state index contributed by atoms with van der Waals surface area (Å²) in [5.74, 6) is 0.870. The van der Waals surface area contributed by atoms with E-state index < -0.39 is 6.03 Å². The molecule has 3 aromatic rings. The number of carbonyl (C=O) groups is 1. The standard InChI is InChI=1S/C17H13Cl2N5O/c18-11-3-1-5-13(7-11)22-15-9-16(21-10-20-15)24-17(25)23-14-6-2-4-12(19)8-14/h1-10H,(H3,20,21,22,23,24,25). The Morgan fingerprint density at radius 2 is 1.44 bits per heavy atom. The molecule has 8 heteroatoms. The Labute approximate surface area is 154 Å². The van der Waals surface area contributed by atoms with E-state index in [1.807, 2.05) is 12.1 Å². The molecule has 3 rings (SSSR count). The van der Waals surface area contributed by atoms with E-state index in [1.165, 1.54) is 6.33 Å². The highest BCUT2D eigenvalue weighted by molar-refractivity contribution is 6.31. The Balaban J connectivity index is 1.66. The van der Waals surface area contributed by atoms with E-state index in [0.717, 1.165) is 5.69 Å². The van der Waals surface area contributed by atoms with Crippen molar-refractivity contribution >= 4 is 52.2 Å². The molecule has 0 radical (unpaired) electrons. The zero-order chi connectivity index (χ0) is 17.6. The van der Waals surface area contributed by atoms with Crippen molar-refractivity contribution < 1.29 is 4.79 Å². The largest absolute Gasteiger partial charge is 0.340 e. The number of urea groups is 1. The lowest BCUT2D eigenvalue weighted by Crippen LogP contribution is -2.20. The van der Waals surface area contributed by atoms with Gasteiger partial charge in [0.15, 0.2) is 0 Å². The number of nitrogens with zero attached hydrogens (tertiary/aromatic N) is 2. The molecule has 6 nitrogen and oxygen atoms in total. The van der Waals surface area contributed by atoms with E-state index in [2.05, 4.69) is 25.9 Å². The molecule has 0 fully saturated rings. The summed E-state index contributed by atoms with van der Waals surface area (Å²) in [7, 11) is 0. The second kappa shape index (κ2) is 7.83. The third-order valence-corrected chi connectivity index (χ3v) is 3.56. The summed E-state index contributed by atoms with van der Waals surface area (Å²) < 4.78 is 0. The van der Waals surface area contributed by atoms with Crippen LogP contribution < -0.4 is 16.0 Å². The van der Waals surface area contributed by atoms with E-state index in [-0.39, 0.29) is 0 Å². The van der Waals surface area contributed by atoms with Crippen LogP contribution in [0.1, 0.15) is 0 Å². The Morgan fingerprint density at radius 1 is 0.800 bits per heavy atom. The fourth-order valence-corrected chi connectivity index (χ4v) is 2.43. The normalized spacial score (nSPS) is 10.2. The van der Waals surface area contributed by atoms with E-state index in [4.69, 9.17) is 23.2 Å². The molecule has 25 heavy (non-hydrogen) atoms. The van der Waals surface area contributed by atoms with Gasteiger partial charge in [-0.15, -0.1) is 0 Å². The molecular formula is C17H13Cl2N5O. The number of amides is 2. The predicted molar refractivity (Wildman–Crippen MR) is 101 cm³/mol. The first-order valence-electron chi connectivity index (χ1n) is 7.27. The quantitative estimate of drug-likeness (QED) is 0.589. The van der Waals surface area contributed by atoms with Crippen LogP contribution in [0.15, 0.2) is 60.9 Å². The van der Waals surface area contributed by atoms with Crippen LogP contribution in [0.3, 0.4) is 0 Å². The SMILES string of the molecule is O=C(Nc1cccc(Cl)c1)Nc1cc(Nc2cccc(Cl)c2)ncn1. The molecule has 1 heterocycles. The lowest BCUT2D eigenvalue weighted by Gasteiger charge is -2.09. The number of rotatable bonds is 4. The van der Waals surface area contributed by atoms with Crippen molar-refractivity contribution in [3.05, 3.63) is 71.0 Å². The van der Waals surface area contributed by atoms with Gasteiger partial charge in [0, 0.05) is 27.5 Å². The molecule has 0 aliphatic heterocycles. The van der Waals surface area contributed by atoms with Crippen molar-refractivity contribution in [1.29, 1.82) is 0 Å². The highest BCUT2D eigenvalue weighted by Gasteiger charge is 2.06. The lowest BCUT2D eigenvalue weighted by atomic mass is 10.3. The highest BCUT2D eigenvalue weighted by atomic mass is 35.5. The number of hydrogen-bond acceptors (Lipinski definition) is 4. The van der Waals surface area contributed by atoms with E-state index >= 15 is 0 Å². The minimum atomic E-state index is -0.435. The molecule has 2 amide bonds. The molecule has 0 saturated carbocycles. The van der Waals surface area contributed by atoms with Crippen molar-refractivity contribution in [2.24, 2.45) is 0 Å². The van der Waals surface area contributed by atoms with Crippen LogP contribution >= 0.6 is 23.2 Å². The van der Waals surface area contributed by atoms with Gasteiger partial charge < -0.3 is 10.6 Å². The van der Waals surface area contributed by atoms with Crippen LogP contribution in [0.2, 0.25) is 10.0 Å². The van der Waals surface area contributed by atoms with Gasteiger partial charge in [-0.05, 0) is 36.4 Å². The molecule has 0 unspecified atom stereocenters. The number of carbonyl (C=O) groups excluding carboxylic acids is 1. The molecule has 0 spiro atoms. The van der Waals surface area contributed by atoms with Crippen LogP contribution in [0.5, 0.6) is 0 Å². The number of anilines is 4. The predicted octanol–water partition coefficient (Wildman–Crippen LogP) is 5.17. The summed E-state index contributed by atoms with van der Waals surface area (Å²) in [6.07, 6.45) is 1.35. The summed E-state index contributed by atoms with van der Waals surface area (Å²) in [5, 5.41) is 9.55. The highest BCUT2D eigenvalue weighted by Crippen LogP contribution is 2.20. The molecule has 0 atom stereocenters. The van der Waals surface area contributed by atoms with Crippen LogP contribution in [0, 0.1) is 0 Å². The third-order valence-electron chi connectivity index (χ3n) is 3.09. The first-order valence-corrected chi connectivity index (χ1v) is 8.02. The van der Waals surface area contributed by atoms with Crippen LogP contribution in [0.4, 0.5) is 27.8 Å². The van der Waals surface area contributed by atoms with Gasteiger partial charge in [0.1, 0.15) is 18.0 Å². The van der Waals surface area contributed by atoms with Gasteiger partial charge in [0.05, 0.1) is 0 Å². The molecular weight excluding hydrogens is 361 g/mol. The van der Waals surface area contributed by atoms with Gasteiger partial charge in [-0.1, -0.05) is 35.3 Å². The Bertz CT molecular complexity index is 903. The summed E-state index contributed by atoms with van der Waals surface area (Å²) in [4.78, 5) is 20.2. The third kappa shape index (κ3) is 5.07. The number of halogens is 2. The van der Waals surface area contributed by atoms with Crippen LogP contribution in [-0.2, 0) is 0 Å². The monoisotopic (exact) mass is 373 g/mol. The molecule has 0 saturated heterocycles. The Morgan fingerprint density at radius 3 is 2.16 bits per heavy atom. The van der Waals surface area contributed by atoms with Gasteiger partial charge >= 0.3 is 6.03 Å². The van der Waals surface area contributed by atoms with Gasteiger partial charge in [-0.3, -0.25) is 5.32 Å². The molecule has 0 bridgehead atoms. The van der Waals surface area contributed by atoms with Gasteiger partial charge in [0.25, 0.3) is 0 Å². The average molecular weight is 374 g/mol. The number of nitrogens with one attached hydrogen (secondary N) is 3. The van der Waals surface area contributed by atoms with Crippen LogP contribution in [0.25, 0.3) is 0 Å². The first kappa shape index (κ1) is 17.0. The zero-order valence-corrected chi connectivity index (χ0v) is 14.3. The minimum absolute atomic E-state index is 0.346. The van der Waals surface area contributed by atoms with Crippen molar-refractivity contribution in [3.8, 4) is 0 Å². The first-order chi connectivity index (χ1) is 12.1. The fraction of sp³-hybridized carbons (Fsp3) is 0. The summed E-state index contributed by atoms with van der Waals surface area (Å²) in [6, 6.07) is 15.2. The smallest absolute Gasteiger partial charge is 0.324 e. The van der Waals surface area contributed by atoms with Gasteiger partial charge in [-0.25, -0.2) is 14.8 Å². The summed E-state index contributed by atoms with van der Waals surface area (Å²) in [5.41, 5.74) is 1.36. The number of hydrogen-bond donors (Lipinski definition) is 3. The topological polar surface area (TPSA) is 78.9 Å². The number of benzene rings is 2. The molecule has 0 aliphatic carbocycles. The van der Waals surface area contributed by atoms with Crippen molar-refractivity contribution in [1.82, 2.24) is 9.97 Å². The van der Waals surface area contributed by atoms with Crippen molar-refractivity contribution in [2.45, 2.75) is 0 Å². The maximum atomic E-state index is 12.0. The van der Waals surface area contributed by atoms with Crippen molar-refractivity contribution in [3.63, 3.8) is 0 Å². The average Bonchev–Trinajstić information content (AvgIpc) is 2.55. The Hall–Kier alpha value is -2.83. The van der Waals surface area contributed by atoms with E-state index in [1.54, 1.807) is 42.5 Å². The van der Waals surface area contributed by atoms with Gasteiger partial charge in [0.2, 0.25) is 0 Å². The number of aromatic nitrogens is 2. The Kier molecular flexibility index (Phi) is 5.33. The summed E-state index contributed by atoms with van der Waals surface area (Å²) in [6.45, 7) is 0. The van der Waals surface area contributed by atoms with E-state index in [0.29, 0.717) is 27.4 Å². The minimum Gasteiger partial charge on any atom is -0.340 e. The fourth-order valence-electron chi connectivity index (χ4n) is 2.05. The maximum Gasteiger partial charge on any atom is 0.324 e. The molecule has 0 aliphatic rings. The van der Waals surface area contributed by atoms with Crippen LogP contribution in [-0.4, -0.2) is 16.0 Å². The van der Waals surface area contributed by atoms with Gasteiger partial charge in [-0.2, -0.15) is 0 Å². The lowest BCUT2D eigenvalue weighted by molar-refractivity contribution is 0.262. The zero-order valence-electron chi connectivity index (χ0n) is 12.8. The van der Waals surface area contributed by atoms with Crippen molar-refractivity contribution in [2.75, 3.05) is 16.0 Å².